The quantitative estimate of drug-likeness (QED) is 0.307. The molecule has 1 aromatic rings. The van der Waals surface area contributed by atoms with Gasteiger partial charge in [-0.25, -0.2) is 0 Å². The molecule has 22 heavy (non-hydrogen) atoms. The molecule has 2 heterocycles. The van der Waals surface area contributed by atoms with Crippen LogP contribution in [0.4, 0.5) is 0 Å². The minimum atomic E-state index is 0. The number of nitrogens with one attached hydrogen (secondary N) is 1. The average molecular weight is 420 g/mol. The zero-order chi connectivity index (χ0) is 14.9. The summed E-state index contributed by atoms with van der Waals surface area (Å²) in [5.74, 6) is 2.83. The maximum atomic E-state index is 5.81. The molecule has 3 N–H and O–H groups in total. The molecular weight excluding hydrogens is 391 g/mol. The van der Waals surface area contributed by atoms with Crippen molar-refractivity contribution < 1.29 is 0 Å². The van der Waals surface area contributed by atoms with Crippen molar-refractivity contribution in [3.05, 3.63) is 11.6 Å². The third-order valence-corrected chi connectivity index (χ3v) is 3.86. The van der Waals surface area contributed by atoms with E-state index < -0.39 is 0 Å². The molecule has 7 heteroatoms. The van der Waals surface area contributed by atoms with Gasteiger partial charge in [0.1, 0.15) is 11.6 Å². The minimum absolute atomic E-state index is 0. The number of nitrogens with two attached hydrogens (primary N) is 1. The number of aliphatic imine (C=N–C) groups is 1. The summed E-state index contributed by atoms with van der Waals surface area (Å²) >= 11 is 0. The number of aromatic nitrogens is 3. The average Bonchev–Trinajstić information content (AvgIpc) is 2.71. The molecule has 1 aromatic heterocycles. The first-order valence-corrected chi connectivity index (χ1v) is 8.26. The molecule has 6 nitrogen and oxygen atoms in total. The van der Waals surface area contributed by atoms with Gasteiger partial charge in [-0.05, 0) is 25.7 Å². The van der Waals surface area contributed by atoms with Gasteiger partial charge in [-0.15, -0.1) is 34.2 Å². The summed E-state index contributed by atoms with van der Waals surface area (Å²) in [6, 6.07) is 0. The van der Waals surface area contributed by atoms with Gasteiger partial charge >= 0.3 is 0 Å². The van der Waals surface area contributed by atoms with E-state index in [0.29, 0.717) is 5.96 Å². The molecule has 2 rings (SSSR count). The van der Waals surface area contributed by atoms with Crippen LogP contribution in [0.25, 0.3) is 0 Å². The van der Waals surface area contributed by atoms with E-state index in [9.17, 15) is 0 Å². The number of halogens is 1. The maximum Gasteiger partial charge on any atom is 0.188 e. The Morgan fingerprint density at radius 2 is 2.14 bits per heavy atom. The summed E-state index contributed by atoms with van der Waals surface area (Å²) in [4.78, 5) is 4.35. The van der Waals surface area contributed by atoms with Gasteiger partial charge in [0, 0.05) is 32.5 Å². The van der Waals surface area contributed by atoms with Gasteiger partial charge in [-0.3, -0.25) is 4.99 Å². The highest BCUT2D eigenvalue weighted by atomic mass is 127. The molecule has 0 radical (unpaired) electrons. The van der Waals surface area contributed by atoms with Gasteiger partial charge in [-0.1, -0.05) is 19.8 Å². The van der Waals surface area contributed by atoms with E-state index in [-0.39, 0.29) is 24.0 Å². The van der Waals surface area contributed by atoms with Crippen LogP contribution in [0.2, 0.25) is 0 Å². The molecule has 0 atom stereocenters. The minimum Gasteiger partial charge on any atom is -0.370 e. The number of aryl methyl sites for hydroxylation is 2. The third kappa shape index (κ3) is 6.10. The molecule has 0 aromatic carbocycles. The lowest BCUT2D eigenvalue weighted by Crippen LogP contribution is -2.32. The summed E-state index contributed by atoms with van der Waals surface area (Å²) in [6.07, 6.45) is 9.03. The van der Waals surface area contributed by atoms with Crippen molar-refractivity contribution in [2.45, 2.75) is 64.8 Å². The van der Waals surface area contributed by atoms with E-state index in [2.05, 4.69) is 32.0 Å². The van der Waals surface area contributed by atoms with Crippen LogP contribution in [-0.4, -0.2) is 33.8 Å². The fourth-order valence-electron chi connectivity index (χ4n) is 2.62. The molecule has 0 amide bonds. The van der Waals surface area contributed by atoms with E-state index >= 15 is 0 Å². The Bertz CT molecular complexity index is 457. The molecule has 1 aliphatic rings. The van der Waals surface area contributed by atoms with E-state index in [0.717, 1.165) is 63.4 Å². The first-order chi connectivity index (χ1) is 10.3. The first kappa shape index (κ1) is 19.2. The standard InChI is InChI=1S/C15H28N6.HI/c1-2-3-10-17-15(16)18-11-7-9-14-20-19-13-8-5-4-6-12-21(13)14;/h2-12H2,1H3,(H3,16,17,18);1H. The van der Waals surface area contributed by atoms with Gasteiger partial charge in [0.15, 0.2) is 5.96 Å². The van der Waals surface area contributed by atoms with E-state index in [1.165, 1.54) is 19.3 Å². The highest BCUT2D eigenvalue weighted by molar-refractivity contribution is 14.0. The zero-order valence-electron chi connectivity index (χ0n) is 13.6. The Kier molecular flexibility index (Phi) is 9.42. The Hall–Kier alpha value is -0.860. The largest absolute Gasteiger partial charge is 0.370 e. The predicted octanol–water partition coefficient (Wildman–Crippen LogP) is 2.26. The number of unbranched alkanes of at least 4 members (excludes halogenated alkanes) is 1. The maximum absolute atomic E-state index is 5.81. The number of hydrogen-bond acceptors (Lipinski definition) is 3. The molecule has 126 valence electrons. The summed E-state index contributed by atoms with van der Waals surface area (Å²) in [5, 5.41) is 11.8. The van der Waals surface area contributed by atoms with Gasteiger partial charge in [0.05, 0.1) is 0 Å². The fraction of sp³-hybridized carbons (Fsp3) is 0.800. The topological polar surface area (TPSA) is 81.1 Å². The Morgan fingerprint density at radius 3 is 2.95 bits per heavy atom. The molecule has 0 fully saturated rings. The summed E-state index contributed by atoms with van der Waals surface area (Å²) in [7, 11) is 0. The van der Waals surface area contributed by atoms with Crippen molar-refractivity contribution in [2.24, 2.45) is 10.7 Å². The Balaban J connectivity index is 0.00000242. The highest BCUT2D eigenvalue weighted by Crippen LogP contribution is 2.15. The molecule has 0 saturated carbocycles. The van der Waals surface area contributed by atoms with E-state index in [4.69, 9.17) is 5.73 Å². The first-order valence-electron chi connectivity index (χ1n) is 8.26. The second kappa shape index (κ2) is 10.8. The van der Waals surface area contributed by atoms with Gasteiger partial charge in [0.25, 0.3) is 0 Å². The smallest absolute Gasteiger partial charge is 0.188 e. The Morgan fingerprint density at radius 1 is 1.27 bits per heavy atom. The fourth-order valence-corrected chi connectivity index (χ4v) is 2.62. The van der Waals surface area contributed by atoms with Crippen LogP contribution in [0.1, 0.15) is 57.1 Å². The molecular formula is C15H29IN6. The normalized spacial score (nSPS) is 14.9. The van der Waals surface area contributed by atoms with Crippen LogP contribution in [-0.2, 0) is 19.4 Å². The third-order valence-electron chi connectivity index (χ3n) is 3.86. The van der Waals surface area contributed by atoms with Crippen LogP contribution in [0.15, 0.2) is 4.99 Å². The SMILES string of the molecule is CCCCNC(N)=NCCCc1nnc2n1CCCCC2.I. The number of guanidine groups is 1. The van der Waals surface area contributed by atoms with Gasteiger partial charge < -0.3 is 15.6 Å². The number of fused-ring (bicyclic) bond motifs is 1. The van der Waals surface area contributed by atoms with Crippen LogP contribution in [0.5, 0.6) is 0 Å². The number of hydrogen-bond donors (Lipinski definition) is 2. The molecule has 0 bridgehead atoms. The van der Waals surface area contributed by atoms with Gasteiger partial charge in [-0.2, -0.15) is 0 Å². The summed E-state index contributed by atoms with van der Waals surface area (Å²) in [6.45, 7) is 4.88. The van der Waals surface area contributed by atoms with Gasteiger partial charge in [0.2, 0.25) is 0 Å². The van der Waals surface area contributed by atoms with Crippen molar-refractivity contribution >= 4 is 29.9 Å². The second-order valence-electron chi connectivity index (χ2n) is 5.65. The number of nitrogens with zero attached hydrogens (tertiary/aromatic N) is 4. The van der Waals surface area contributed by atoms with Crippen LogP contribution in [0, 0.1) is 0 Å². The molecule has 0 unspecified atom stereocenters. The zero-order valence-corrected chi connectivity index (χ0v) is 15.9. The molecule has 0 saturated heterocycles. The monoisotopic (exact) mass is 420 g/mol. The van der Waals surface area contributed by atoms with Crippen molar-refractivity contribution in [2.75, 3.05) is 13.1 Å². The summed E-state index contributed by atoms with van der Waals surface area (Å²) in [5.41, 5.74) is 5.81. The number of rotatable bonds is 7. The van der Waals surface area contributed by atoms with E-state index in [1.54, 1.807) is 0 Å². The molecule has 1 aliphatic heterocycles. The second-order valence-corrected chi connectivity index (χ2v) is 5.65. The molecule has 0 spiro atoms. The predicted molar refractivity (Wildman–Crippen MR) is 101 cm³/mol. The lowest BCUT2D eigenvalue weighted by molar-refractivity contribution is 0.597. The Labute approximate surface area is 150 Å². The van der Waals surface area contributed by atoms with Crippen molar-refractivity contribution in [3.8, 4) is 0 Å². The van der Waals surface area contributed by atoms with Crippen molar-refractivity contribution in [1.29, 1.82) is 0 Å². The van der Waals surface area contributed by atoms with Crippen molar-refractivity contribution in [3.63, 3.8) is 0 Å². The highest BCUT2D eigenvalue weighted by Gasteiger charge is 2.13. The van der Waals surface area contributed by atoms with Crippen LogP contribution < -0.4 is 11.1 Å². The van der Waals surface area contributed by atoms with Crippen molar-refractivity contribution in [1.82, 2.24) is 20.1 Å². The lowest BCUT2D eigenvalue weighted by atomic mass is 10.2. The van der Waals surface area contributed by atoms with E-state index in [1.807, 2.05) is 0 Å². The lowest BCUT2D eigenvalue weighted by Gasteiger charge is -2.06. The molecule has 0 aliphatic carbocycles. The van der Waals surface area contributed by atoms with Crippen LogP contribution >= 0.6 is 24.0 Å². The van der Waals surface area contributed by atoms with Crippen LogP contribution in [0.3, 0.4) is 0 Å². The summed E-state index contributed by atoms with van der Waals surface area (Å²) < 4.78 is 2.31.